The molecule has 0 bridgehead atoms. The van der Waals surface area contributed by atoms with Crippen molar-refractivity contribution in [1.82, 2.24) is 9.88 Å². The van der Waals surface area contributed by atoms with Crippen molar-refractivity contribution in [2.75, 3.05) is 12.8 Å². The third kappa shape index (κ3) is 4.43. The number of carbonyl (C=O) groups is 1. The number of nitrogen functional groups attached to an aromatic ring is 1. The fourth-order valence-electron chi connectivity index (χ4n) is 4.47. The minimum absolute atomic E-state index is 0.00310. The van der Waals surface area contributed by atoms with Crippen molar-refractivity contribution in [3.63, 3.8) is 0 Å². The van der Waals surface area contributed by atoms with Gasteiger partial charge < -0.3 is 15.7 Å². The van der Waals surface area contributed by atoms with Crippen LogP contribution in [0.4, 0.5) is 27.6 Å². The third-order valence-corrected chi connectivity index (χ3v) is 6.52. The zero-order valence-electron chi connectivity index (χ0n) is 19.9. The number of anilines is 1. The first kappa shape index (κ1) is 26.2. The van der Waals surface area contributed by atoms with E-state index in [-0.39, 0.29) is 35.3 Å². The highest BCUT2D eigenvalue weighted by Crippen LogP contribution is 2.45. The van der Waals surface area contributed by atoms with E-state index in [4.69, 9.17) is 5.73 Å². The molecule has 0 radical (unpaired) electrons. The summed E-state index contributed by atoms with van der Waals surface area (Å²) in [7, 11) is 1.36. The van der Waals surface area contributed by atoms with Crippen molar-refractivity contribution in [2.24, 2.45) is 4.99 Å². The third-order valence-electron chi connectivity index (χ3n) is 6.52. The number of hydrogen-bond acceptors (Lipinski definition) is 5. The maximum Gasteiger partial charge on any atom is 0.421 e. The van der Waals surface area contributed by atoms with E-state index >= 15 is 8.78 Å². The Kier molecular flexibility index (Phi) is 6.76. The van der Waals surface area contributed by atoms with Crippen LogP contribution in [0.1, 0.15) is 46.1 Å². The first-order valence-electron chi connectivity index (χ1n) is 11.3. The van der Waals surface area contributed by atoms with Crippen LogP contribution in [0.25, 0.3) is 11.1 Å². The first-order chi connectivity index (χ1) is 17.4. The average Bonchev–Trinajstić information content (AvgIpc) is 3.16. The van der Waals surface area contributed by atoms with Crippen LogP contribution >= 0.6 is 0 Å². The predicted octanol–water partition coefficient (Wildman–Crippen LogP) is 4.97. The molecule has 0 aliphatic carbocycles. The molecule has 37 heavy (non-hydrogen) atoms. The Bertz CT molecular complexity index is 1380. The normalized spacial score (nSPS) is 15.4. The van der Waals surface area contributed by atoms with E-state index in [1.165, 1.54) is 24.2 Å². The van der Waals surface area contributed by atoms with Crippen molar-refractivity contribution in [3.05, 3.63) is 82.2 Å². The standard InChI is InChI=1S/C26H23F5N4O2/c1-3-25(37,26(29,30)31)19-7-6-15(17(11-33-2)23(19)32)14-9-20(27)18(21(28)10-14)12-35-13-22-16(24(35)36)5-4-8-34-22/h4-11,37H,3,12-13,32H2,1-2H3. The quantitative estimate of drug-likeness (QED) is 0.274. The Morgan fingerprint density at radius 1 is 1.16 bits per heavy atom. The Morgan fingerprint density at radius 3 is 2.41 bits per heavy atom. The lowest BCUT2D eigenvalue weighted by Crippen LogP contribution is -2.42. The zero-order chi connectivity index (χ0) is 27.1. The van der Waals surface area contributed by atoms with Crippen LogP contribution in [-0.4, -0.2) is 40.3 Å². The molecule has 1 aliphatic heterocycles. The van der Waals surface area contributed by atoms with Gasteiger partial charge in [-0.05, 0) is 41.8 Å². The van der Waals surface area contributed by atoms with Crippen LogP contribution in [0.2, 0.25) is 0 Å². The molecule has 0 saturated heterocycles. The molecule has 1 atom stereocenters. The highest BCUT2D eigenvalue weighted by Gasteiger charge is 2.54. The molecule has 0 saturated carbocycles. The number of amides is 1. The molecule has 1 aromatic heterocycles. The highest BCUT2D eigenvalue weighted by atomic mass is 19.4. The van der Waals surface area contributed by atoms with Crippen LogP contribution in [-0.2, 0) is 18.7 Å². The van der Waals surface area contributed by atoms with Crippen molar-refractivity contribution < 1.29 is 31.9 Å². The SMILES string of the molecule is CCC(O)(c1ccc(-c2cc(F)c(CN3Cc4ncccc4C3=O)c(F)c2)c(C=NC)c1N)C(F)(F)F. The largest absolute Gasteiger partial charge is 0.421 e. The van der Waals surface area contributed by atoms with Gasteiger partial charge in [-0.15, -0.1) is 0 Å². The van der Waals surface area contributed by atoms with Crippen molar-refractivity contribution >= 4 is 17.8 Å². The van der Waals surface area contributed by atoms with Gasteiger partial charge in [0.05, 0.1) is 24.3 Å². The maximum atomic E-state index is 15.2. The summed E-state index contributed by atoms with van der Waals surface area (Å²) < 4.78 is 71.3. The lowest BCUT2D eigenvalue weighted by atomic mass is 9.85. The Morgan fingerprint density at radius 2 is 1.84 bits per heavy atom. The Hall–Kier alpha value is -3.86. The second-order valence-electron chi connectivity index (χ2n) is 8.66. The maximum absolute atomic E-state index is 15.2. The fourth-order valence-corrected chi connectivity index (χ4v) is 4.47. The van der Waals surface area contributed by atoms with Gasteiger partial charge in [0.25, 0.3) is 5.91 Å². The van der Waals surface area contributed by atoms with E-state index in [9.17, 15) is 23.1 Å². The molecule has 2 heterocycles. The number of alkyl halides is 3. The number of aliphatic hydroxyl groups is 1. The summed E-state index contributed by atoms with van der Waals surface area (Å²) in [6.45, 7) is 0.925. The van der Waals surface area contributed by atoms with E-state index in [0.29, 0.717) is 11.3 Å². The topological polar surface area (TPSA) is 91.8 Å². The minimum Gasteiger partial charge on any atom is -0.398 e. The summed E-state index contributed by atoms with van der Waals surface area (Å²) in [5.41, 5.74) is 2.44. The Labute approximate surface area is 209 Å². The fraction of sp³-hybridized carbons (Fsp3) is 0.269. The molecule has 1 aliphatic rings. The van der Waals surface area contributed by atoms with Gasteiger partial charge in [0.1, 0.15) is 11.6 Å². The molecule has 3 aromatic rings. The molecule has 1 unspecified atom stereocenters. The summed E-state index contributed by atoms with van der Waals surface area (Å²) in [6, 6.07) is 7.41. The summed E-state index contributed by atoms with van der Waals surface area (Å²) >= 11 is 0. The number of rotatable bonds is 6. The number of benzene rings is 2. The van der Waals surface area contributed by atoms with Crippen molar-refractivity contribution in [1.29, 1.82) is 0 Å². The lowest BCUT2D eigenvalue weighted by Gasteiger charge is -2.31. The monoisotopic (exact) mass is 518 g/mol. The summed E-state index contributed by atoms with van der Waals surface area (Å²) in [4.78, 5) is 21.8. The summed E-state index contributed by atoms with van der Waals surface area (Å²) in [5, 5.41) is 10.4. The van der Waals surface area contributed by atoms with E-state index in [2.05, 4.69) is 9.98 Å². The smallest absolute Gasteiger partial charge is 0.398 e. The van der Waals surface area contributed by atoms with Gasteiger partial charge in [-0.1, -0.05) is 19.1 Å². The van der Waals surface area contributed by atoms with Crippen LogP contribution in [0.3, 0.4) is 0 Å². The molecule has 11 heteroatoms. The van der Waals surface area contributed by atoms with E-state index < -0.39 is 47.0 Å². The molecule has 1 amide bonds. The van der Waals surface area contributed by atoms with E-state index in [0.717, 1.165) is 31.3 Å². The number of fused-ring (bicyclic) bond motifs is 1. The van der Waals surface area contributed by atoms with Crippen LogP contribution in [0.15, 0.2) is 47.6 Å². The number of nitrogens with zero attached hydrogens (tertiary/aromatic N) is 3. The number of pyridine rings is 1. The predicted molar refractivity (Wildman–Crippen MR) is 128 cm³/mol. The summed E-state index contributed by atoms with van der Waals surface area (Å²) in [6.07, 6.45) is -3.03. The molecule has 6 nitrogen and oxygen atoms in total. The van der Waals surface area contributed by atoms with Gasteiger partial charge in [-0.3, -0.25) is 14.8 Å². The van der Waals surface area contributed by atoms with Crippen LogP contribution in [0, 0.1) is 11.6 Å². The second-order valence-corrected chi connectivity index (χ2v) is 8.66. The van der Waals surface area contributed by atoms with E-state index in [1.54, 1.807) is 12.1 Å². The van der Waals surface area contributed by atoms with Gasteiger partial charge in [0, 0.05) is 41.8 Å². The molecular weight excluding hydrogens is 495 g/mol. The molecule has 0 spiro atoms. The van der Waals surface area contributed by atoms with E-state index in [1.807, 2.05) is 0 Å². The van der Waals surface area contributed by atoms with Gasteiger partial charge in [-0.2, -0.15) is 13.2 Å². The zero-order valence-corrected chi connectivity index (χ0v) is 19.9. The summed E-state index contributed by atoms with van der Waals surface area (Å²) in [5.74, 6) is -2.30. The molecule has 2 aromatic carbocycles. The number of aromatic nitrogens is 1. The Balaban J connectivity index is 1.74. The number of carbonyl (C=O) groups excluding carboxylic acids is 1. The second kappa shape index (κ2) is 9.55. The lowest BCUT2D eigenvalue weighted by molar-refractivity contribution is -0.267. The molecule has 194 valence electrons. The number of nitrogens with two attached hydrogens (primary N) is 1. The highest BCUT2D eigenvalue weighted by molar-refractivity contribution is 5.98. The van der Waals surface area contributed by atoms with Gasteiger partial charge >= 0.3 is 6.18 Å². The van der Waals surface area contributed by atoms with Crippen molar-refractivity contribution in [3.8, 4) is 11.1 Å². The number of halogens is 5. The molecule has 4 rings (SSSR count). The van der Waals surface area contributed by atoms with Crippen LogP contribution < -0.4 is 5.73 Å². The molecular formula is C26H23F5N4O2. The number of aliphatic imine (C=N–C) groups is 1. The first-order valence-corrected chi connectivity index (χ1v) is 11.3. The van der Waals surface area contributed by atoms with Gasteiger partial charge in [-0.25, -0.2) is 8.78 Å². The number of hydrogen-bond donors (Lipinski definition) is 2. The minimum atomic E-state index is -5.01. The molecule has 0 fully saturated rings. The van der Waals surface area contributed by atoms with Gasteiger partial charge in [0.2, 0.25) is 0 Å². The van der Waals surface area contributed by atoms with Crippen LogP contribution in [0.5, 0.6) is 0 Å². The molecule has 3 N–H and O–H groups in total. The average molecular weight is 518 g/mol. The van der Waals surface area contributed by atoms with Gasteiger partial charge in [0.15, 0.2) is 5.60 Å². The van der Waals surface area contributed by atoms with Crippen molar-refractivity contribution in [2.45, 2.75) is 38.2 Å².